The van der Waals surface area contributed by atoms with Crippen molar-refractivity contribution in [1.29, 1.82) is 0 Å². The summed E-state index contributed by atoms with van der Waals surface area (Å²) in [5, 5.41) is 10.9. The zero-order valence-electron chi connectivity index (χ0n) is 15.3. The van der Waals surface area contributed by atoms with Crippen LogP contribution in [-0.2, 0) is 5.41 Å². The van der Waals surface area contributed by atoms with Crippen LogP contribution in [0.15, 0.2) is 35.2 Å². The Labute approximate surface area is 155 Å². The van der Waals surface area contributed by atoms with Crippen molar-refractivity contribution in [3.05, 3.63) is 35.9 Å². The van der Waals surface area contributed by atoms with Gasteiger partial charge in [-0.25, -0.2) is 0 Å². The van der Waals surface area contributed by atoms with Crippen LogP contribution in [0.4, 0.5) is 0 Å². The minimum atomic E-state index is -0.316. The first-order valence-corrected chi connectivity index (χ1v) is 10.4. The van der Waals surface area contributed by atoms with E-state index in [-0.39, 0.29) is 11.5 Å². The van der Waals surface area contributed by atoms with E-state index in [4.69, 9.17) is 4.74 Å². The molecule has 0 aromatic heterocycles. The van der Waals surface area contributed by atoms with Crippen LogP contribution in [0, 0.1) is 0 Å². The molecular weight excluding hydrogens is 330 g/mol. The molecule has 2 fully saturated rings. The van der Waals surface area contributed by atoms with Crippen molar-refractivity contribution >= 4 is 11.8 Å². The molecule has 3 aliphatic rings. The molecule has 3 nitrogen and oxygen atoms in total. The van der Waals surface area contributed by atoms with Gasteiger partial charge in [0, 0.05) is 21.6 Å². The molecule has 136 valence electrons. The monoisotopic (exact) mass is 359 g/mol. The highest BCUT2D eigenvalue weighted by atomic mass is 32.2. The second-order valence-corrected chi connectivity index (χ2v) is 9.18. The number of nitrogens with zero attached hydrogens (tertiary/aromatic N) is 1. The fraction of sp³-hybridized carbons (Fsp3) is 0.619. The predicted molar refractivity (Wildman–Crippen MR) is 104 cm³/mol. The van der Waals surface area contributed by atoms with E-state index in [9.17, 15) is 5.11 Å². The molecule has 1 aromatic rings. The highest BCUT2D eigenvalue weighted by molar-refractivity contribution is 8.00. The molecule has 2 aliphatic carbocycles. The van der Waals surface area contributed by atoms with Gasteiger partial charge in [-0.2, -0.15) is 0 Å². The summed E-state index contributed by atoms with van der Waals surface area (Å²) in [6.45, 7) is 1.08. The summed E-state index contributed by atoms with van der Waals surface area (Å²) in [5.41, 5.74) is 1.41. The number of aliphatic hydroxyl groups is 1. The molecule has 1 N–H and O–H groups in total. The fourth-order valence-corrected chi connectivity index (χ4v) is 6.32. The molecule has 4 heteroatoms. The number of methoxy groups -OCH3 is 1. The van der Waals surface area contributed by atoms with E-state index in [1.807, 2.05) is 17.8 Å². The lowest BCUT2D eigenvalue weighted by atomic mass is 9.69. The van der Waals surface area contributed by atoms with E-state index >= 15 is 0 Å². The van der Waals surface area contributed by atoms with E-state index in [0.29, 0.717) is 6.04 Å². The molecule has 1 heterocycles. The number of ether oxygens (including phenoxy) is 1. The van der Waals surface area contributed by atoms with Crippen molar-refractivity contribution in [3.63, 3.8) is 0 Å². The van der Waals surface area contributed by atoms with Crippen LogP contribution in [-0.4, -0.2) is 48.1 Å². The Morgan fingerprint density at radius 1 is 1.28 bits per heavy atom. The number of rotatable bonds is 4. The number of aliphatic hydroxyl groups excluding tert-OH is 1. The van der Waals surface area contributed by atoms with Crippen LogP contribution in [0.2, 0.25) is 0 Å². The molecule has 1 saturated carbocycles. The maximum Gasteiger partial charge on any atom is 0.132 e. The van der Waals surface area contributed by atoms with Crippen LogP contribution >= 0.6 is 11.8 Å². The molecule has 4 rings (SSSR count). The highest BCUT2D eigenvalue weighted by Gasteiger charge is 2.48. The summed E-state index contributed by atoms with van der Waals surface area (Å²) in [6.07, 6.45) is 11.3. The van der Waals surface area contributed by atoms with Crippen molar-refractivity contribution < 1.29 is 9.84 Å². The first kappa shape index (κ1) is 17.4. The molecular formula is C21H29NO2S. The average Bonchev–Trinajstić information content (AvgIpc) is 3.24. The minimum absolute atomic E-state index is 0.0330. The average molecular weight is 360 g/mol. The van der Waals surface area contributed by atoms with Gasteiger partial charge in [-0.3, -0.25) is 0 Å². The summed E-state index contributed by atoms with van der Waals surface area (Å²) in [7, 11) is 3.96. The number of hydrogen-bond acceptors (Lipinski definition) is 4. The highest BCUT2D eigenvalue weighted by Crippen LogP contribution is 2.48. The van der Waals surface area contributed by atoms with Gasteiger partial charge in [-0.1, -0.05) is 31.1 Å². The van der Waals surface area contributed by atoms with Crippen LogP contribution in [0.3, 0.4) is 0 Å². The van der Waals surface area contributed by atoms with Crippen LogP contribution in [0.1, 0.15) is 44.1 Å². The summed E-state index contributed by atoms with van der Waals surface area (Å²) in [6, 6.07) is 7.14. The van der Waals surface area contributed by atoms with Crippen molar-refractivity contribution in [2.24, 2.45) is 0 Å². The number of likely N-dealkylation sites (N-methyl/N-ethyl adjacent to an activating group) is 1. The van der Waals surface area contributed by atoms with E-state index in [1.165, 1.54) is 36.1 Å². The van der Waals surface area contributed by atoms with Crippen LogP contribution in [0.25, 0.3) is 0 Å². The topological polar surface area (TPSA) is 32.7 Å². The maximum atomic E-state index is 10.1. The van der Waals surface area contributed by atoms with Gasteiger partial charge in [0.2, 0.25) is 0 Å². The molecule has 0 spiro atoms. The third-order valence-electron chi connectivity index (χ3n) is 6.38. The molecule has 0 bridgehead atoms. The van der Waals surface area contributed by atoms with Crippen LogP contribution < -0.4 is 4.74 Å². The Balaban J connectivity index is 1.70. The van der Waals surface area contributed by atoms with Crippen molar-refractivity contribution in [1.82, 2.24) is 4.90 Å². The molecule has 3 atom stereocenters. The Bertz CT molecular complexity index is 655. The molecule has 0 radical (unpaired) electrons. The van der Waals surface area contributed by atoms with Gasteiger partial charge in [-0.05, 0) is 57.0 Å². The lowest BCUT2D eigenvalue weighted by Gasteiger charge is -2.39. The third-order valence-corrected chi connectivity index (χ3v) is 7.76. The van der Waals surface area contributed by atoms with Gasteiger partial charge in [0.15, 0.2) is 0 Å². The Morgan fingerprint density at radius 2 is 2.08 bits per heavy atom. The summed E-state index contributed by atoms with van der Waals surface area (Å²) in [5.74, 6) is 1.000. The quantitative estimate of drug-likeness (QED) is 0.824. The van der Waals surface area contributed by atoms with Gasteiger partial charge >= 0.3 is 0 Å². The van der Waals surface area contributed by atoms with E-state index in [2.05, 4.69) is 36.2 Å². The molecule has 1 aliphatic heterocycles. The molecule has 0 amide bonds. The summed E-state index contributed by atoms with van der Waals surface area (Å²) < 4.78 is 5.66. The van der Waals surface area contributed by atoms with Crippen molar-refractivity contribution in [2.75, 3.05) is 20.7 Å². The molecule has 0 unspecified atom stereocenters. The SMILES string of the molecule is COc1ccc([C@@]23C=C[C@@H](O)C[C@@H]2N(C)CC3)cc1SC1CCCC1. The smallest absolute Gasteiger partial charge is 0.132 e. The Morgan fingerprint density at radius 3 is 2.84 bits per heavy atom. The van der Waals surface area contributed by atoms with Gasteiger partial charge < -0.3 is 14.7 Å². The number of fused-ring (bicyclic) bond motifs is 1. The van der Waals surface area contributed by atoms with E-state index in [0.717, 1.165) is 30.4 Å². The summed E-state index contributed by atoms with van der Waals surface area (Å²) in [4.78, 5) is 3.70. The second-order valence-electron chi connectivity index (χ2n) is 7.84. The normalized spacial score (nSPS) is 32.9. The molecule has 1 saturated heterocycles. The standard InChI is InChI=1S/C21H29NO2S/c1-22-12-11-21(10-9-16(23)14-20(21)22)15-7-8-18(24-2)19(13-15)25-17-5-3-4-6-17/h7-10,13,16-17,20,23H,3-6,11-12,14H2,1-2H3/t16-,20+,21+/m1/s1. The Kier molecular flexibility index (Phi) is 4.87. The zero-order valence-corrected chi connectivity index (χ0v) is 16.1. The predicted octanol–water partition coefficient (Wildman–Crippen LogP) is 3.99. The van der Waals surface area contributed by atoms with Crippen molar-refractivity contribution in [3.8, 4) is 5.75 Å². The largest absolute Gasteiger partial charge is 0.496 e. The lowest BCUT2D eigenvalue weighted by molar-refractivity contribution is 0.137. The van der Waals surface area contributed by atoms with Gasteiger partial charge in [0.1, 0.15) is 5.75 Å². The van der Waals surface area contributed by atoms with Gasteiger partial charge in [0.25, 0.3) is 0 Å². The molecule has 1 aromatic carbocycles. The Hall–Kier alpha value is -0.970. The number of benzene rings is 1. The minimum Gasteiger partial charge on any atom is -0.496 e. The maximum absolute atomic E-state index is 10.1. The number of likely N-dealkylation sites (tertiary alicyclic amines) is 1. The van der Waals surface area contributed by atoms with E-state index < -0.39 is 0 Å². The second kappa shape index (κ2) is 6.98. The molecule has 25 heavy (non-hydrogen) atoms. The van der Waals surface area contributed by atoms with Crippen molar-refractivity contribution in [2.45, 2.75) is 66.2 Å². The first-order chi connectivity index (χ1) is 12.1. The van der Waals surface area contributed by atoms with Gasteiger partial charge in [-0.15, -0.1) is 11.8 Å². The first-order valence-electron chi connectivity index (χ1n) is 9.55. The van der Waals surface area contributed by atoms with E-state index in [1.54, 1.807) is 7.11 Å². The fourth-order valence-electron chi connectivity index (χ4n) is 4.93. The van der Waals surface area contributed by atoms with Gasteiger partial charge in [0.05, 0.1) is 13.2 Å². The number of hydrogen-bond donors (Lipinski definition) is 1. The summed E-state index contributed by atoms with van der Waals surface area (Å²) >= 11 is 2.00. The third kappa shape index (κ3) is 3.13. The zero-order chi connectivity index (χ0) is 17.4. The number of thioether (sulfide) groups is 1. The lowest BCUT2D eigenvalue weighted by Crippen LogP contribution is -2.44. The van der Waals surface area contributed by atoms with Crippen LogP contribution in [0.5, 0.6) is 5.75 Å².